The van der Waals surface area contributed by atoms with Gasteiger partial charge in [0, 0.05) is 5.39 Å². The Kier molecular flexibility index (Phi) is 4.01. The van der Waals surface area contributed by atoms with Gasteiger partial charge in [0.05, 0.1) is 15.8 Å². The van der Waals surface area contributed by atoms with E-state index in [1.54, 1.807) is 6.92 Å². The van der Waals surface area contributed by atoms with Gasteiger partial charge in [0.2, 0.25) is 5.91 Å². The SMILES string of the molecule is C[C@H](Sc1ccc2ccccc2n1)C(=O)NC(N)=O. The number of fused-ring (bicyclic) bond motifs is 1. The lowest BCUT2D eigenvalue weighted by Crippen LogP contribution is -2.39. The molecule has 1 atom stereocenters. The first-order chi connectivity index (χ1) is 9.06. The van der Waals surface area contributed by atoms with E-state index in [0.717, 1.165) is 15.9 Å². The number of thioether (sulfide) groups is 1. The van der Waals surface area contributed by atoms with Gasteiger partial charge in [0.25, 0.3) is 0 Å². The molecular weight excluding hydrogens is 262 g/mol. The summed E-state index contributed by atoms with van der Waals surface area (Å²) in [6.45, 7) is 1.69. The summed E-state index contributed by atoms with van der Waals surface area (Å²) in [7, 11) is 0. The summed E-state index contributed by atoms with van der Waals surface area (Å²) >= 11 is 1.28. The molecule has 1 aromatic carbocycles. The van der Waals surface area contributed by atoms with Crippen LogP contribution in [0.15, 0.2) is 41.4 Å². The zero-order valence-corrected chi connectivity index (χ0v) is 11.1. The Bertz CT molecular complexity index is 630. The van der Waals surface area contributed by atoms with Crippen molar-refractivity contribution in [2.24, 2.45) is 5.73 Å². The van der Waals surface area contributed by atoms with Crippen molar-refractivity contribution in [3.8, 4) is 0 Å². The number of carbonyl (C=O) groups excluding carboxylic acids is 2. The molecule has 0 saturated carbocycles. The minimum atomic E-state index is -0.844. The maximum absolute atomic E-state index is 11.6. The summed E-state index contributed by atoms with van der Waals surface area (Å²) < 4.78 is 0. The first-order valence-electron chi connectivity index (χ1n) is 5.69. The number of pyridine rings is 1. The summed E-state index contributed by atoms with van der Waals surface area (Å²) in [5.41, 5.74) is 5.77. The quantitative estimate of drug-likeness (QED) is 0.838. The number of nitrogens with two attached hydrogens (primary N) is 1. The van der Waals surface area contributed by atoms with Gasteiger partial charge >= 0.3 is 6.03 Å². The summed E-state index contributed by atoms with van der Waals surface area (Å²) in [6, 6.07) is 10.7. The third-order valence-electron chi connectivity index (χ3n) is 2.49. The standard InChI is InChI=1S/C13H13N3O2S/c1-8(12(17)16-13(14)18)19-11-7-6-9-4-2-3-5-10(9)15-11/h2-8H,1H3,(H3,14,16,17,18)/t8-/m0/s1. The van der Waals surface area contributed by atoms with Crippen LogP contribution in [0.5, 0.6) is 0 Å². The smallest absolute Gasteiger partial charge is 0.318 e. The molecule has 6 heteroatoms. The van der Waals surface area contributed by atoms with Crippen molar-refractivity contribution in [3.63, 3.8) is 0 Å². The number of hydrogen-bond donors (Lipinski definition) is 2. The van der Waals surface area contributed by atoms with E-state index in [-0.39, 0.29) is 0 Å². The summed E-state index contributed by atoms with van der Waals surface area (Å²) in [5, 5.41) is 3.38. The molecule has 1 heterocycles. The van der Waals surface area contributed by atoms with Gasteiger partial charge in [-0.1, -0.05) is 36.0 Å². The number of rotatable bonds is 3. The summed E-state index contributed by atoms with van der Waals surface area (Å²) in [6.07, 6.45) is 0. The molecule has 0 saturated heterocycles. The number of para-hydroxylation sites is 1. The number of aromatic nitrogens is 1. The molecule has 2 rings (SSSR count). The van der Waals surface area contributed by atoms with Crippen LogP contribution in [0.3, 0.4) is 0 Å². The molecule has 0 spiro atoms. The Hall–Kier alpha value is -2.08. The Morgan fingerprint density at radius 2 is 2.00 bits per heavy atom. The molecule has 3 N–H and O–H groups in total. The Morgan fingerprint density at radius 3 is 2.74 bits per heavy atom. The van der Waals surface area contributed by atoms with E-state index in [2.05, 4.69) is 10.3 Å². The molecule has 0 unspecified atom stereocenters. The third kappa shape index (κ3) is 3.45. The van der Waals surface area contributed by atoms with Crippen LogP contribution in [0.2, 0.25) is 0 Å². The van der Waals surface area contributed by atoms with Crippen LogP contribution in [-0.4, -0.2) is 22.2 Å². The van der Waals surface area contributed by atoms with Crippen LogP contribution in [0, 0.1) is 0 Å². The summed E-state index contributed by atoms with van der Waals surface area (Å²) in [4.78, 5) is 26.6. The van der Waals surface area contributed by atoms with Gasteiger partial charge in [-0.2, -0.15) is 0 Å². The Morgan fingerprint density at radius 1 is 1.26 bits per heavy atom. The number of carbonyl (C=O) groups is 2. The van der Waals surface area contributed by atoms with Gasteiger partial charge in [-0.05, 0) is 19.1 Å². The van der Waals surface area contributed by atoms with E-state index < -0.39 is 17.2 Å². The lowest BCUT2D eigenvalue weighted by Gasteiger charge is -2.09. The molecule has 0 aliphatic heterocycles. The van der Waals surface area contributed by atoms with Gasteiger partial charge in [-0.25, -0.2) is 9.78 Å². The maximum atomic E-state index is 11.6. The molecule has 5 nitrogen and oxygen atoms in total. The molecular formula is C13H13N3O2S. The maximum Gasteiger partial charge on any atom is 0.318 e. The van der Waals surface area contributed by atoms with Gasteiger partial charge < -0.3 is 5.73 Å². The normalized spacial score (nSPS) is 12.1. The molecule has 98 valence electrons. The van der Waals surface area contributed by atoms with Crippen molar-refractivity contribution in [2.45, 2.75) is 17.2 Å². The van der Waals surface area contributed by atoms with E-state index >= 15 is 0 Å². The first kappa shape index (κ1) is 13.4. The fraction of sp³-hybridized carbons (Fsp3) is 0.154. The van der Waals surface area contributed by atoms with Crippen molar-refractivity contribution in [3.05, 3.63) is 36.4 Å². The van der Waals surface area contributed by atoms with Crippen molar-refractivity contribution in [1.82, 2.24) is 10.3 Å². The van der Waals surface area contributed by atoms with E-state index in [4.69, 9.17) is 5.73 Å². The third-order valence-corrected chi connectivity index (χ3v) is 3.52. The molecule has 1 aromatic heterocycles. The van der Waals surface area contributed by atoms with E-state index in [9.17, 15) is 9.59 Å². The van der Waals surface area contributed by atoms with Gasteiger partial charge in [0.1, 0.15) is 0 Å². The van der Waals surface area contributed by atoms with Crippen LogP contribution < -0.4 is 11.1 Å². The monoisotopic (exact) mass is 275 g/mol. The molecule has 19 heavy (non-hydrogen) atoms. The predicted octanol–water partition coefficient (Wildman–Crippen LogP) is 1.91. The lowest BCUT2D eigenvalue weighted by atomic mass is 10.2. The number of primary amides is 1. The number of nitrogens with one attached hydrogen (secondary N) is 1. The van der Waals surface area contributed by atoms with Crippen LogP contribution in [0.4, 0.5) is 4.79 Å². The minimum absolute atomic E-state index is 0.424. The minimum Gasteiger partial charge on any atom is -0.351 e. The number of amides is 3. The highest BCUT2D eigenvalue weighted by Gasteiger charge is 2.16. The predicted molar refractivity (Wildman–Crippen MR) is 74.8 cm³/mol. The van der Waals surface area contributed by atoms with Crippen molar-refractivity contribution in [1.29, 1.82) is 0 Å². The van der Waals surface area contributed by atoms with Crippen LogP contribution in [-0.2, 0) is 4.79 Å². The van der Waals surface area contributed by atoms with Crippen molar-refractivity contribution >= 4 is 34.6 Å². The van der Waals surface area contributed by atoms with Gasteiger partial charge in [0.15, 0.2) is 0 Å². The molecule has 3 amide bonds. The number of hydrogen-bond acceptors (Lipinski definition) is 4. The second kappa shape index (κ2) is 5.71. The molecule has 0 bridgehead atoms. The zero-order valence-electron chi connectivity index (χ0n) is 10.3. The van der Waals surface area contributed by atoms with Gasteiger partial charge in [-0.15, -0.1) is 0 Å². The molecule has 0 aliphatic rings. The number of imide groups is 1. The van der Waals surface area contributed by atoms with Crippen LogP contribution >= 0.6 is 11.8 Å². The highest BCUT2D eigenvalue weighted by atomic mass is 32.2. The molecule has 0 fully saturated rings. The van der Waals surface area contributed by atoms with Crippen LogP contribution in [0.25, 0.3) is 10.9 Å². The fourth-order valence-corrected chi connectivity index (χ4v) is 2.40. The molecule has 2 aromatic rings. The second-order valence-electron chi connectivity index (χ2n) is 3.96. The Labute approximate surface area is 114 Å². The fourth-order valence-electron chi connectivity index (χ4n) is 1.57. The number of urea groups is 1. The lowest BCUT2D eigenvalue weighted by molar-refractivity contribution is -0.119. The van der Waals surface area contributed by atoms with Gasteiger partial charge in [-0.3, -0.25) is 10.1 Å². The van der Waals surface area contributed by atoms with E-state index in [1.165, 1.54) is 11.8 Å². The first-order valence-corrected chi connectivity index (χ1v) is 6.57. The highest BCUT2D eigenvalue weighted by Crippen LogP contribution is 2.23. The largest absolute Gasteiger partial charge is 0.351 e. The van der Waals surface area contributed by atoms with E-state index in [1.807, 2.05) is 36.4 Å². The average Bonchev–Trinajstić information content (AvgIpc) is 2.37. The van der Waals surface area contributed by atoms with E-state index in [0.29, 0.717) is 0 Å². The van der Waals surface area contributed by atoms with Crippen LogP contribution in [0.1, 0.15) is 6.92 Å². The van der Waals surface area contributed by atoms with Crippen molar-refractivity contribution < 1.29 is 9.59 Å². The second-order valence-corrected chi connectivity index (χ2v) is 5.32. The Balaban J connectivity index is 2.12. The number of nitrogens with zero attached hydrogens (tertiary/aromatic N) is 1. The highest BCUT2D eigenvalue weighted by molar-refractivity contribution is 8.00. The summed E-state index contributed by atoms with van der Waals surface area (Å²) in [5.74, 6) is -0.424. The zero-order chi connectivity index (χ0) is 13.8. The average molecular weight is 275 g/mol. The topological polar surface area (TPSA) is 85.1 Å². The van der Waals surface area contributed by atoms with Crippen molar-refractivity contribution in [2.75, 3.05) is 0 Å². The molecule has 0 aliphatic carbocycles. The molecule has 0 radical (unpaired) electrons. The number of benzene rings is 1.